The average Bonchev–Trinajstić information content (AvgIpc) is 2.36. The molecule has 1 atom stereocenters. The van der Waals surface area contributed by atoms with Crippen LogP contribution in [0.2, 0.25) is 0 Å². The van der Waals surface area contributed by atoms with Crippen LogP contribution in [-0.4, -0.2) is 18.4 Å². The van der Waals surface area contributed by atoms with Crippen LogP contribution in [0.1, 0.15) is 33.1 Å². The summed E-state index contributed by atoms with van der Waals surface area (Å²) in [5.74, 6) is 0.173. The average molecular weight is 312 g/mol. The number of ketones is 1. The molecular formula is C12H16FeO6. The fourth-order valence-electron chi connectivity index (χ4n) is 0.780. The molecule has 0 aromatic rings. The summed E-state index contributed by atoms with van der Waals surface area (Å²) in [6, 6.07) is 0. The minimum atomic E-state index is -0.119. The fraction of sp³-hybridized carbons (Fsp3) is 0.500. The van der Waals surface area contributed by atoms with Gasteiger partial charge in [-0.05, 0) is 26.7 Å². The molecule has 0 rings (SSSR count). The van der Waals surface area contributed by atoms with Gasteiger partial charge in [0, 0.05) is 6.42 Å². The van der Waals surface area contributed by atoms with Crippen molar-refractivity contribution < 1.29 is 45.4 Å². The molecule has 19 heavy (non-hydrogen) atoms. The number of rotatable bonds is 6. The van der Waals surface area contributed by atoms with Crippen molar-refractivity contribution in [2.45, 2.75) is 39.2 Å². The van der Waals surface area contributed by atoms with Crippen molar-refractivity contribution in [2.24, 2.45) is 0 Å². The van der Waals surface area contributed by atoms with Crippen molar-refractivity contribution in [1.82, 2.24) is 0 Å². The molecule has 0 aromatic carbocycles. The second-order valence-corrected chi connectivity index (χ2v) is 2.61. The molecule has 0 radical (unpaired) electrons. The molecule has 0 aliphatic rings. The van der Waals surface area contributed by atoms with Gasteiger partial charge in [-0.3, -0.25) is 0 Å². The summed E-state index contributed by atoms with van der Waals surface area (Å²) in [6.07, 6.45) is 1.95. The van der Waals surface area contributed by atoms with Crippen LogP contribution in [-0.2, 0) is 45.4 Å². The van der Waals surface area contributed by atoms with E-state index in [9.17, 15) is 9.59 Å². The molecule has 0 amide bonds. The summed E-state index contributed by atoms with van der Waals surface area (Å²) in [5.41, 5.74) is 0. The summed E-state index contributed by atoms with van der Waals surface area (Å²) in [7, 11) is 0. The van der Waals surface area contributed by atoms with Gasteiger partial charge in [0.1, 0.15) is 5.78 Å². The number of Topliss-reactive ketones (excluding diaryl/α,β-unsaturated/α-hetero) is 1. The molecule has 0 saturated carbocycles. The van der Waals surface area contributed by atoms with Gasteiger partial charge in [-0.2, -0.15) is 0 Å². The van der Waals surface area contributed by atoms with Gasteiger partial charge in [0.2, 0.25) is 0 Å². The molecule has 0 aliphatic carbocycles. The Labute approximate surface area is 124 Å². The Morgan fingerprint density at radius 2 is 1.58 bits per heavy atom. The molecule has 0 heterocycles. The molecule has 0 fully saturated rings. The molecule has 0 bridgehead atoms. The Morgan fingerprint density at radius 3 is 1.84 bits per heavy atom. The van der Waals surface area contributed by atoms with Crippen LogP contribution in [0.5, 0.6) is 0 Å². The molecular weight excluding hydrogens is 296 g/mol. The molecule has 0 N–H and O–H groups in total. The maximum Gasteiger partial charge on any atom is 2.00 e. The van der Waals surface area contributed by atoms with Crippen molar-refractivity contribution in [3.8, 4) is 0 Å². The fourth-order valence-corrected chi connectivity index (χ4v) is 0.780. The first-order chi connectivity index (χ1) is 8.16. The minimum Gasteiger partial charge on any atom is -0.358 e. The first kappa shape index (κ1) is 36.1. The maximum atomic E-state index is 10.5. The van der Waals surface area contributed by atoms with Gasteiger partial charge < -0.3 is 21.8 Å². The predicted octanol–water partition coefficient (Wildman–Crippen LogP) is 1.55. The zero-order valence-corrected chi connectivity index (χ0v) is 12.1. The van der Waals surface area contributed by atoms with E-state index < -0.39 is 0 Å². The largest absolute Gasteiger partial charge is 2.00 e. The van der Waals surface area contributed by atoms with Crippen molar-refractivity contribution in [3.05, 3.63) is 27.4 Å². The second kappa shape index (κ2) is 43.6. The van der Waals surface area contributed by atoms with Gasteiger partial charge in [-0.15, -0.1) is 0 Å². The molecule has 0 unspecified atom stereocenters. The molecule has 7 heteroatoms. The smallest absolute Gasteiger partial charge is 0.358 e. The van der Waals surface area contributed by atoms with Crippen molar-refractivity contribution >= 4 is 12.3 Å². The SMILES string of the molecule is CC(=O)CCC[C@H](C)O[C-]=O.[C-]#[O+].[C-]#[O+].[C-]#[O+].[CH3-].[Fe+2]. The minimum absolute atomic E-state index is 0. The van der Waals surface area contributed by atoms with Crippen molar-refractivity contribution in [2.75, 3.05) is 0 Å². The molecule has 0 aliphatic heterocycles. The summed E-state index contributed by atoms with van der Waals surface area (Å²) in [6.45, 7) is 18.2. The topological polar surface area (TPSA) is 103 Å². The van der Waals surface area contributed by atoms with Crippen LogP contribution in [0, 0.1) is 27.4 Å². The van der Waals surface area contributed by atoms with Gasteiger partial charge in [0.25, 0.3) is 0 Å². The van der Waals surface area contributed by atoms with Crippen LogP contribution in [0.4, 0.5) is 0 Å². The van der Waals surface area contributed by atoms with Crippen molar-refractivity contribution in [3.63, 3.8) is 0 Å². The number of hydrogen-bond donors (Lipinski definition) is 0. The summed E-state index contributed by atoms with van der Waals surface area (Å²) < 4.78 is 27.0. The molecule has 0 aromatic heterocycles. The van der Waals surface area contributed by atoms with Crippen molar-refractivity contribution in [1.29, 1.82) is 0 Å². The summed E-state index contributed by atoms with van der Waals surface area (Å²) in [5, 5.41) is 0. The van der Waals surface area contributed by atoms with Crippen LogP contribution in [0.15, 0.2) is 0 Å². The van der Waals surface area contributed by atoms with Crippen LogP contribution >= 0.6 is 0 Å². The molecule has 0 saturated heterocycles. The Kier molecular flexibility index (Phi) is 82.8. The third-order valence-electron chi connectivity index (χ3n) is 1.39. The Morgan fingerprint density at radius 1 is 1.21 bits per heavy atom. The van der Waals surface area contributed by atoms with E-state index in [1.165, 1.54) is 6.47 Å². The van der Waals surface area contributed by atoms with E-state index >= 15 is 0 Å². The number of hydrogen-bond acceptors (Lipinski definition) is 3. The van der Waals surface area contributed by atoms with E-state index in [0.29, 0.717) is 6.42 Å². The van der Waals surface area contributed by atoms with Crippen LogP contribution in [0.25, 0.3) is 0 Å². The van der Waals surface area contributed by atoms with Crippen LogP contribution < -0.4 is 0 Å². The molecule has 108 valence electrons. The monoisotopic (exact) mass is 312 g/mol. The predicted molar refractivity (Wildman–Crippen MR) is 59.0 cm³/mol. The van der Waals surface area contributed by atoms with Gasteiger partial charge >= 0.3 is 51.0 Å². The van der Waals surface area contributed by atoms with Gasteiger partial charge in [-0.1, -0.05) is 6.47 Å². The molecule has 6 nitrogen and oxygen atoms in total. The van der Waals surface area contributed by atoms with E-state index in [1.54, 1.807) is 13.8 Å². The molecule has 0 spiro atoms. The second-order valence-electron chi connectivity index (χ2n) is 2.61. The van der Waals surface area contributed by atoms with Gasteiger partial charge in [0.15, 0.2) is 0 Å². The van der Waals surface area contributed by atoms with Gasteiger partial charge in [0.05, 0.1) is 6.10 Å². The Balaban J connectivity index is -0.0000000464. The van der Waals surface area contributed by atoms with E-state index in [2.05, 4.69) is 24.7 Å². The Bertz CT molecular complexity index is 220. The van der Waals surface area contributed by atoms with Gasteiger partial charge in [-0.25, -0.2) is 0 Å². The van der Waals surface area contributed by atoms with E-state index in [4.69, 9.17) is 14.0 Å². The zero-order chi connectivity index (χ0) is 14.7. The summed E-state index contributed by atoms with van der Waals surface area (Å²) >= 11 is 0. The Hall–Kier alpha value is -1.12. The number of carbonyl (C=O) groups is 1. The maximum absolute atomic E-state index is 10.5. The van der Waals surface area contributed by atoms with E-state index in [0.717, 1.165) is 12.8 Å². The zero-order valence-electron chi connectivity index (χ0n) is 11.0. The van der Waals surface area contributed by atoms with E-state index in [1.807, 2.05) is 0 Å². The van der Waals surface area contributed by atoms with E-state index in [-0.39, 0.29) is 36.4 Å². The normalized spacial score (nSPS) is 7.37. The third-order valence-corrected chi connectivity index (χ3v) is 1.39. The standard InChI is InChI=1S/C8H13O3.3CO.CH3.Fe/c1-7(10)4-3-5-8(2)11-6-9;3*1-2;;/h8H,3-5H2,1-2H3;;;;1H3;/q-1;;;;-1;+2/t8-;;;;;/m0...../s1. The third kappa shape index (κ3) is 60.2. The first-order valence-corrected chi connectivity index (χ1v) is 4.30. The number of ether oxygens (including phenoxy) is 1. The summed E-state index contributed by atoms with van der Waals surface area (Å²) in [4.78, 5) is 20.2. The quantitative estimate of drug-likeness (QED) is 0.422. The van der Waals surface area contributed by atoms with Crippen LogP contribution in [0.3, 0.4) is 0 Å². The number of carbonyl (C=O) groups excluding carboxylic acids is 2. The first-order valence-electron chi connectivity index (χ1n) is 4.30.